The lowest BCUT2D eigenvalue weighted by molar-refractivity contribution is -0.379. The number of unbranched alkanes of at least 4 members (excludes halogenated alkanes) is 14. The largest absolute Gasteiger partial charge is 0.394 e. The number of aliphatic hydroxyl groups excluding tert-OH is 11. The minimum absolute atomic E-state index is 0.219. The van der Waals surface area contributed by atoms with Crippen molar-refractivity contribution in [3.05, 3.63) is 12.2 Å². The summed E-state index contributed by atoms with van der Waals surface area (Å²) in [6.45, 7) is 1.40. The maximum Gasteiger partial charge on any atom is 0.220 e. The van der Waals surface area contributed by atoms with Gasteiger partial charge in [-0.15, -0.1) is 0 Å². The van der Waals surface area contributed by atoms with Crippen LogP contribution in [0.4, 0.5) is 0 Å². The van der Waals surface area contributed by atoms with Gasteiger partial charge in [0.15, 0.2) is 18.9 Å². The molecule has 3 rings (SSSR count). The van der Waals surface area contributed by atoms with Gasteiger partial charge in [-0.3, -0.25) is 4.79 Å². The zero-order chi connectivity index (χ0) is 45.6. The molecule has 19 heteroatoms. The Morgan fingerprint density at radius 3 is 1.50 bits per heavy atom. The molecule has 364 valence electrons. The van der Waals surface area contributed by atoms with E-state index < -0.39 is 124 Å². The Bertz CT molecular complexity index is 1220. The van der Waals surface area contributed by atoms with Crippen molar-refractivity contribution in [2.75, 3.05) is 26.4 Å². The third kappa shape index (κ3) is 17.1. The fourth-order valence-corrected chi connectivity index (χ4v) is 7.87. The highest BCUT2D eigenvalue weighted by atomic mass is 16.8. The third-order valence-electron chi connectivity index (χ3n) is 11.8. The Balaban J connectivity index is 1.53. The van der Waals surface area contributed by atoms with Crippen LogP contribution in [0.3, 0.4) is 0 Å². The van der Waals surface area contributed by atoms with Crippen LogP contribution in [-0.2, 0) is 33.2 Å². The third-order valence-corrected chi connectivity index (χ3v) is 11.8. The molecule has 3 aliphatic heterocycles. The van der Waals surface area contributed by atoms with E-state index in [2.05, 4.69) is 12.2 Å². The average Bonchev–Trinajstić information content (AvgIpc) is 3.27. The Kier molecular flexibility index (Phi) is 26.5. The molecule has 12 N–H and O–H groups in total. The lowest BCUT2D eigenvalue weighted by atomic mass is 9.96. The molecule has 0 aliphatic carbocycles. The van der Waals surface area contributed by atoms with Crippen molar-refractivity contribution in [1.29, 1.82) is 0 Å². The molecule has 3 saturated heterocycles. The number of ether oxygens (including phenoxy) is 6. The molecular weight excluding hydrogens is 818 g/mol. The van der Waals surface area contributed by atoms with Gasteiger partial charge in [0.1, 0.15) is 73.2 Å². The number of rotatable bonds is 30. The van der Waals surface area contributed by atoms with Crippen molar-refractivity contribution in [1.82, 2.24) is 5.32 Å². The summed E-state index contributed by atoms with van der Waals surface area (Å²) in [6, 6.07) is -0.961. The minimum atomic E-state index is -1.97. The highest BCUT2D eigenvalue weighted by Crippen LogP contribution is 2.33. The van der Waals surface area contributed by atoms with E-state index >= 15 is 0 Å². The summed E-state index contributed by atoms with van der Waals surface area (Å²) in [4.78, 5) is 12.7. The number of carbonyl (C=O) groups is 1. The normalized spacial score (nSPS) is 35.3. The van der Waals surface area contributed by atoms with E-state index in [1.165, 1.54) is 64.2 Å². The van der Waals surface area contributed by atoms with Crippen LogP contribution in [0.15, 0.2) is 12.2 Å². The second kappa shape index (κ2) is 29.9. The quantitative estimate of drug-likeness (QED) is 0.0320. The van der Waals surface area contributed by atoms with E-state index in [0.717, 1.165) is 32.1 Å². The summed E-state index contributed by atoms with van der Waals surface area (Å²) < 4.78 is 33.8. The smallest absolute Gasteiger partial charge is 0.220 e. The number of amides is 1. The fraction of sp³-hybridized carbons (Fsp3) is 0.930. The Hall–Kier alpha value is -1.47. The van der Waals surface area contributed by atoms with Gasteiger partial charge in [0, 0.05) is 6.42 Å². The highest BCUT2D eigenvalue weighted by molar-refractivity contribution is 5.76. The Morgan fingerprint density at radius 2 is 1.00 bits per heavy atom. The number of aliphatic hydroxyl groups is 11. The molecule has 0 aromatic heterocycles. The molecule has 0 bridgehead atoms. The first kappa shape index (κ1) is 54.9. The predicted molar refractivity (Wildman–Crippen MR) is 222 cm³/mol. The van der Waals surface area contributed by atoms with Crippen LogP contribution in [0.5, 0.6) is 0 Å². The number of hydrogen-bond donors (Lipinski definition) is 12. The van der Waals surface area contributed by atoms with Crippen molar-refractivity contribution in [2.24, 2.45) is 0 Å². The number of hydrogen-bond acceptors (Lipinski definition) is 18. The summed E-state index contributed by atoms with van der Waals surface area (Å²) >= 11 is 0. The summed E-state index contributed by atoms with van der Waals surface area (Å²) in [5.41, 5.74) is 0. The summed E-state index contributed by atoms with van der Waals surface area (Å²) in [7, 11) is 0. The summed E-state index contributed by atoms with van der Waals surface area (Å²) in [5.74, 6) is -0.313. The van der Waals surface area contributed by atoms with Crippen LogP contribution in [0.2, 0.25) is 0 Å². The molecule has 3 heterocycles. The van der Waals surface area contributed by atoms with E-state index in [1.807, 2.05) is 13.0 Å². The fourth-order valence-electron chi connectivity index (χ4n) is 7.87. The number of nitrogens with one attached hydrogen (secondary N) is 1. The molecule has 19 nitrogen and oxygen atoms in total. The molecule has 0 saturated carbocycles. The van der Waals surface area contributed by atoms with Crippen LogP contribution in [0.25, 0.3) is 0 Å². The first-order valence-corrected chi connectivity index (χ1v) is 22.9. The molecule has 0 radical (unpaired) electrons. The second-order valence-corrected chi connectivity index (χ2v) is 16.9. The molecule has 0 aromatic carbocycles. The maximum absolute atomic E-state index is 12.7. The van der Waals surface area contributed by atoms with Crippen molar-refractivity contribution in [2.45, 2.75) is 227 Å². The van der Waals surface area contributed by atoms with E-state index in [1.54, 1.807) is 6.08 Å². The molecule has 1 amide bonds. The van der Waals surface area contributed by atoms with Gasteiger partial charge in [0.2, 0.25) is 5.91 Å². The first-order valence-electron chi connectivity index (χ1n) is 22.9. The van der Waals surface area contributed by atoms with Crippen molar-refractivity contribution in [3.8, 4) is 0 Å². The maximum atomic E-state index is 12.7. The van der Waals surface area contributed by atoms with Gasteiger partial charge >= 0.3 is 0 Å². The lowest BCUT2D eigenvalue weighted by Gasteiger charge is -2.48. The SMILES string of the molecule is CCCCCCCCCCCCCCC/C=C/C(O)C(COC1OC(CO)C(OC2OC(CO)C(OC3OC(CO)C(O)C(O)C3O)C(O)C2O)C(O)C1O)NC(=O)CCCC. The topological polar surface area (TPSA) is 307 Å². The standard InChI is InChI=1S/C43H79NO18/c1-3-5-7-8-9-10-11-12-13-14-15-16-17-18-19-20-27(48)26(44-31(49)21-6-4-2)25-57-41-37(55)34(52)39(29(23-46)59-41)62-43-38(56)35(53)40(30(24-47)60-43)61-42-36(54)33(51)32(50)28(22-45)58-42/h19-20,26-30,32-43,45-48,50-56H,3-18,21-25H2,1-2H3,(H,44,49)/b20-19+. The number of allylic oxidation sites excluding steroid dienone is 1. The molecule has 3 aliphatic rings. The van der Waals surface area contributed by atoms with Gasteiger partial charge in [-0.1, -0.05) is 109 Å². The van der Waals surface area contributed by atoms with Crippen LogP contribution in [-0.4, -0.2) is 193 Å². The zero-order valence-corrected chi connectivity index (χ0v) is 36.6. The molecule has 3 fully saturated rings. The van der Waals surface area contributed by atoms with Gasteiger partial charge < -0.3 is 89.9 Å². The van der Waals surface area contributed by atoms with Crippen LogP contribution >= 0.6 is 0 Å². The second-order valence-electron chi connectivity index (χ2n) is 16.9. The van der Waals surface area contributed by atoms with E-state index in [0.29, 0.717) is 6.42 Å². The van der Waals surface area contributed by atoms with Gasteiger partial charge in [-0.05, 0) is 19.3 Å². The molecule has 0 aromatic rings. The highest BCUT2D eigenvalue weighted by Gasteiger charge is 2.53. The van der Waals surface area contributed by atoms with Crippen molar-refractivity contribution in [3.63, 3.8) is 0 Å². The van der Waals surface area contributed by atoms with Crippen molar-refractivity contribution >= 4 is 5.91 Å². The molecule has 17 atom stereocenters. The Morgan fingerprint density at radius 1 is 0.565 bits per heavy atom. The Labute approximate surface area is 365 Å². The monoisotopic (exact) mass is 898 g/mol. The molecule has 62 heavy (non-hydrogen) atoms. The summed E-state index contributed by atoms with van der Waals surface area (Å²) in [6.07, 6.45) is -4.78. The average molecular weight is 898 g/mol. The van der Waals surface area contributed by atoms with E-state index in [4.69, 9.17) is 28.4 Å². The van der Waals surface area contributed by atoms with E-state index in [9.17, 15) is 61.0 Å². The van der Waals surface area contributed by atoms with Crippen LogP contribution in [0.1, 0.15) is 123 Å². The minimum Gasteiger partial charge on any atom is -0.394 e. The van der Waals surface area contributed by atoms with Gasteiger partial charge in [-0.25, -0.2) is 0 Å². The molecule has 0 spiro atoms. The first-order chi connectivity index (χ1) is 29.8. The predicted octanol–water partition coefficient (Wildman–Crippen LogP) is -0.475. The molecular formula is C43H79NO18. The zero-order valence-electron chi connectivity index (χ0n) is 36.6. The lowest BCUT2D eigenvalue weighted by Crippen LogP contribution is -2.66. The van der Waals surface area contributed by atoms with Gasteiger partial charge in [-0.2, -0.15) is 0 Å². The number of carbonyl (C=O) groups excluding carboxylic acids is 1. The van der Waals surface area contributed by atoms with Crippen molar-refractivity contribution < 1.29 is 89.4 Å². The summed E-state index contributed by atoms with van der Waals surface area (Å²) in [5, 5.41) is 118. The van der Waals surface area contributed by atoms with Gasteiger partial charge in [0.05, 0.1) is 38.6 Å². The molecule has 17 unspecified atom stereocenters. The van der Waals surface area contributed by atoms with Gasteiger partial charge in [0.25, 0.3) is 0 Å². The van der Waals surface area contributed by atoms with Crippen LogP contribution < -0.4 is 5.32 Å². The van der Waals surface area contributed by atoms with E-state index in [-0.39, 0.29) is 18.9 Å². The van der Waals surface area contributed by atoms with Crippen LogP contribution in [0, 0.1) is 0 Å².